The second-order valence-corrected chi connectivity index (χ2v) is 6.09. The molecule has 1 N–H and O–H groups in total. The van der Waals surface area contributed by atoms with E-state index in [4.69, 9.17) is 4.74 Å². The zero-order valence-electron chi connectivity index (χ0n) is 12.5. The van der Waals surface area contributed by atoms with E-state index in [1.807, 2.05) is 0 Å². The second kappa shape index (κ2) is 6.04. The summed E-state index contributed by atoms with van der Waals surface area (Å²) >= 11 is 0. The van der Waals surface area contributed by atoms with E-state index in [2.05, 4.69) is 41.4 Å². The Kier molecular flexibility index (Phi) is 4.16. The molecule has 3 rings (SSSR count). The first kappa shape index (κ1) is 13.7. The molecule has 2 aliphatic rings. The molecule has 3 nitrogen and oxygen atoms in total. The molecular formula is C17H26N2O. The van der Waals surface area contributed by atoms with E-state index in [1.54, 1.807) is 0 Å². The third-order valence-corrected chi connectivity index (χ3v) is 4.60. The molecule has 0 saturated carbocycles. The predicted octanol–water partition coefficient (Wildman–Crippen LogP) is 3.20. The van der Waals surface area contributed by atoms with Crippen molar-refractivity contribution in [3.05, 3.63) is 24.3 Å². The summed E-state index contributed by atoms with van der Waals surface area (Å²) < 4.78 is 6.56. The SMILES string of the molecule is CCCN1CCCC2(CCNCC2)Oc2ccccc21. The Morgan fingerprint density at radius 3 is 2.80 bits per heavy atom. The standard InChI is InChI=1S/C17H26N2O/c1-2-13-19-14-5-8-17(9-11-18-12-10-17)20-16-7-4-3-6-15(16)19/h3-4,6-7,18H,2,5,8-14H2,1H3. The summed E-state index contributed by atoms with van der Waals surface area (Å²) in [7, 11) is 0. The first-order valence-electron chi connectivity index (χ1n) is 8.07. The van der Waals surface area contributed by atoms with Crippen LogP contribution in [0.5, 0.6) is 5.75 Å². The maximum Gasteiger partial charge on any atom is 0.143 e. The number of anilines is 1. The highest BCUT2D eigenvalue weighted by Gasteiger charge is 2.36. The molecule has 0 atom stereocenters. The van der Waals surface area contributed by atoms with E-state index in [1.165, 1.54) is 24.9 Å². The van der Waals surface area contributed by atoms with Gasteiger partial charge in [-0.3, -0.25) is 0 Å². The maximum absolute atomic E-state index is 6.56. The highest BCUT2D eigenvalue weighted by molar-refractivity contribution is 5.59. The molecule has 0 aromatic heterocycles. The molecular weight excluding hydrogens is 248 g/mol. The fourth-order valence-electron chi connectivity index (χ4n) is 3.54. The highest BCUT2D eigenvalue weighted by Crippen LogP contribution is 2.38. The van der Waals surface area contributed by atoms with Crippen LogP contribution in [0.25, 0.3) is 0 Å². The van der Waals surface area contributed by atoms with Gasteiger partial charge in [-0.05, 0) is 57.3 Å². The molecule has 110 valence electrons. The van der Waals surface area contributed by atoms with Gasteiger partial charge in [0, 0.05) is 13.1 Å². The van der Waals surface area contributed by atoms with Crippen molar-refractivity contribution in [1.29, 1.82) is 0 Å². The van der Waals surface area contributed by atoms with Crippen molar-refractivity contribution in [2.45, 2.75) is 44.6 Å². The molecule has 1 aromatic rings. The van der Waals surface area contributed by atoms with Crippen molar-refractivity contribution >= 4 is 5.69 Å². The lowest BCUT2D eigenvalue weighted by atomic mass is 9.86. The number of ether oxygens (including phenoxy) is 1. The third-order valence-electron chi connectivity index (χ3n) is 4.60. The van der Waals surface area contributed by atoms with Crippen molar-refractivity contribution in [3.63, 3.8) is 0 Å². The van der Waals surface area contributed by atoms with Crippen molar-refractivity contribution in [2.24, 2.45) is 0 Å². The average Bonchev–Trinajstić information content (AvgIpc) is 2.46. The number of nitrogens with one attached hydrogen (secondary N) is 1. The van der Waals surface area contributed by atoms with E-state index in [9.17, 15) is 0 Å². The summed E-state index contributed by atoms with van der Waals surface area (Å²) in [4.78, 5) is 2.49. The van der Waals surface area contributed by atoms with E-state index in [0.29, 0.717) is 0 Å². The van der Waals surface area contributed by atoms with Gasteiger partial charge in [0.05, 0.1) is 5.69 Å². The average molecular weight is 274 g/mol. The summed E-state index contributed by atoms with van der Waals surface area (Å²) in [5.74, 6) is 1.09. The van der Waals surface area contributed by atoms with Gasteiger partial charge in [-0.15, -0.1) is 0 Å². The van der Waals surface area contributed by atoms with Crippen LogP contribution in [0.2, 0.25) is 0 Å². The maximum atomic E-state index is 6.56. The second-order valence-electron chi connectivity index (χ2n) is 6.09. The van der Waals surface area contributed by atoms with E-state index in [0.717, 1.165) is 44.8 Å². The summed E-state index contributed by atoms with van der Waals surface area (Å²) in [5, 5.41) is 3.45. The fraction of sp³-hybridized carbons (Fsp3) is 0.647. The van der Waals surface area contributed by atoms with Crippen molar-refractivity contribution < 1.29 is 4.74 Å². The Balaban J connectivity index is 1.89. The summed E-state index contributed by atoms with van der Waals surface area (Å²) in [6.45, 7) is 6.69. The largest absolute Gasteiger partial charge is 0.485 e. The van der Waals surface area contributed by atoms with Gasteiger partial charge < -0.3 is 15.0 Å². The summed E-state index contributed by atoms with van der Waals surface area (Å²) in [6.07, 6.45) is 5.87. The Morgan fingerprint density at radius 2 is 2.00 bits per heavy atom. The van der Waals surface area contributed by atoms with Gasteiger partial charge >= 0.3 is 0 Å². The minimum Gasteiger partial charge on any atom is -0.485 e. The van der Waals surface area contributed by atoms with Crippen LogP contribution in [0.1, 0.15) is 39.0 Å². The normalized spacial score (nSPS) is 21.8. The zero-order chi connectivity index (χ0) is 13.8. The van der Waals surface area contributed by atoms with Gasteiger partial charge in [-0.25, -0.2) is 0 Å². The van der Waals surface area contributed by atoms with Crippen LogP contribution in [-0.2, 0) is 0 Å². The van der Waals surface area contributed by atoms with E-state index < -0.39 is 0 Å². The Bertz CT molecular complexity index is 440. The monoisotopic (exact) mass is 274 g/mol. The van der Waals surface area contributed by atoms with Gasteiger partial charge in [-0.2, -0.15) is 0 Å². The number of rotatable bonds is 2. The molecule has 1 saturated heterocycles. The van der Waals surface area contributed by atoms with E-state index >= 15 is 0 Å². The van der Waals surface area contributed by atoms with E-state index in [-0.39, 0.29) is 5.60 Å². The smallest absolute Gasteiger partial charge is 0.143 e. The molecule has 1 fully saturated rings. The lowest BCUT2D eigenvalue weighted by molar-refractivity contribution is 0.0253. The van der Waals surface area contributed by atoms with Crippen LogP contribution in [0.4, 0.5) is 5.69 Å². The Hall–Kier alpha value is -1.22. The topological polar surface area (TPSA) is 24.5 Å². The van der Waals surface area contributed by atoms with Crippen LogP contribution >= 0.6 is 0 Å². The Morgan fingerprint density at radius 1 is 1.20 bits per heavy atom. The molecule has 0 unspecified atom stereocenters. The minimum absolute atomic E-state index is 0.0691. The molecule has 2 aliphatic heterocycles. The van der Waals surface area contributed by atoms with Gasteiger partial charge in [0.25, 0.3) is 0 Å². The summed E-state index contributed by atoms with van der Waals surface area (Å²) in [6, 6.07) is 8.58. The molecule has 1 spiro atoms. The number of hydrogen-bond donors (Lipinski definition) is 1. The van der Waals surface area contributed by atoms with Gasteiger partial charge in [0.15, 0.2) is 0 Å². The number of fused-ring (bicyclic) bond motifs is 1. The molecule has 2 heterocycles. The van der Waals surface area contributed by atoms with Crippen LogP contribution in [0.3, 0.4) is 0 Å². The summed E-state index contributed by atoms with van der Waals surface area (Å²) in [5.41, 5.74) is 1.35. The predicted molar refractivity (Wildman–Crippen MR) is 83.6 cm³/mol. The van der Waals surface area contributed by atoms with Crippen LogP contribution in [-0.4, -0.2) is 31.8 Å². The highest BCUT2D eigenvalue weighted by atomic mass is 16.5. The molecule has 0 aliphatic carbocycles. The fourth-order valence-corrected chi connectivity index (χ4v) is 3.54. The Labute approximate surface area is 122 Å². The van der Waals surface area contributed by atoms with Crippen LogP contribution < -0.4 is 15.0 Å². The number of nitrogens with zero attached hydrogens (tertiary/aromatic N) is 1. The quantitative estimate of drug-likeness (QED) is 0.896. The van der Waals surface area contributed by atoms with Crippen LogP contribution in [0, 0.1) is 0 Å². The lowest BCUT2D eigenvalue weighted by Gasteiger charge is -2.42. The molecule has 0 bridgehead atoms. The van der Waals surface area contributed by atoms with Crippen molar-refractivity contribution in [2.75, 3.05) is 31.1 Å². The zero-order valence-corrected chi connectivity index (χ0v) is 12.5. The van der Waals surface area contributed by atoms with Gasteiger partial charge in [0.2, 0.25) is 0 Å². The number of piperidine rings is 1. The molecule has 1 aromatic carbocycles. The first-order valence-corrected chi connectivity index (χ1v) is 8.07. The molecule has 0 radical (unpaired) electrons. The van der Waals surface area contributed by atoms with Crippen molar-refractivity contribution in [3.8, 4) is 5.75 Å². The van der Waals surface area contributed by atoms with Crippen molar-refractivity contribution in [1.82, 2.24) is 5.32 Å². The number of para-hydroxylation sites is 2. The first-order chi connectivity index (χ1) is 9.83. The lowest BCUT2D eigenvalue weighted by Crippen LogP contribution is -2.47. The molecule has 20 heavy (non-hydrogen) atoms. The van der Waals surface area contributed by atoms with Gasteiger partial charge in [0.1, 0.15) is 11.4 Å². The van der Waals surface area contributed by atoms with Crippen LogP contribution in [0.15, 0.2) is 24.3 Å². The van der Waals surface area contributed by atoms with Gasteiger partial charge in [-0.1, -0.05) is 19.1 Å². The molecule has 0 amide bonds. The minimum atomic E-state index is 0.0691. The number of benzene rings is 1. The third kappa shape index (κ3) is 2.78. The number of hydrogen-bond acceptors (Lipinski definition) is 3. The molecule has 3 heteroatoms.